The predicted octanol–water partition coefficient (Wildman–Crippen LogP) is 0.440. The maximum Gasteiger partial charge on any atom is 0.260 e. The van der Waals surface area contributed by atoms with Crippen molar-refractivity contribution in [2.45, 2.75) is 32.2 Å². The Morgan fingerprint density at radius 2 is 1.45 bits per heavy atom. The number of methoxy groups -OCH3 is 3. The van der Waals surface area contributed by atoms with Crippen molar-refractivity contribution < 1.29 is 36.1 Å². The number of nitrogens with one attached hydrogen (secondary N) is 1. The molecule has 33 heavy (non-hydrogen) atoms. The number of benzene rings is 2. The number of hydrogen-bond acceptors (Lipinski definition) is 6. The van der Waals surface area contributed by atoms with Gasteiger partial charge in [0, 0.05) is 19.6 Å². The molecule has 1 N–H and O–H groups in total. The van der Waals surface area contributed by atoms with Crippen LogP contribution in [-0.4, -0.2) is 58.4 Å². The van der Waals surface area contributed by atoms with E-state index in [0.717, 1.165) is 56.0 Å². The summed E-state index contributed by atoms with van der Waals surface area (Å²) in [5.41, 5.74) is 2.26. The van der Waals surface area contributed by atoms with Crippen LogP contribution >= 0.6 is 0 Å². The number of likely N-dealkylation sites (tertiary alicyclic amines) is 1. The highest BCUT2D eigenvalue weighted by Crippen LogP contribution is 2.29. The van der Waals surface area contributed by atoms with E-state index in [0.29, 0.717) is 18.0 Å². The van der Waals surface area contributed by atoms with E-state index >= 15 is 0 Å². The Hall–Kier alpha value is -2.64. The van der Waals surface area contributed by atoms with Gasteiger partial charge in [0.15, 0.2) is 29.6 Å². The van der Waals surface area contributed by atoms with Crippen molar-refractivity contribution in [3.8, 4) is 23.0 Å². The van der Waals surface area contributed by atoms with Crippen LogP contribution in [0, 0.1) is 0 Å². The maximum atomic E-state index is 12.3. The summed E-state index contributed by atoms with van der Waals surface area (Å²) in [6, 6.07) is 11.8. The van der Waals surface area contributed by atoms with E-state index in [1.54, 1.807) is 21.3 Å². The molecule has 0 atom stereocenters. The first kappa shape index (κ1) is 26.6. The number of nitrogens with zero attached hydrogens (tertiary/aromatic N) is 1. The zero-order chi connectivity index (χ0) is 22.8. The molecular formula is C25H34ClN2O5-. The quantitative estimate of drug-likeness (QED) is 0.474. The fourth-order valence-corrected chi connectivity index (χ4v) is 3.82. The molecule has 1 aliphatic heterocycles. The summed E-state index contributed by atoms with van der Waals surface area (Å²) < 4.78 is 21.9. The van der Waals surface area contributed by atoms with Gasteiger partial charge in [-0.25, -0.2) is 0 Å². The van der Waals surface area contributed by atoms with E-state index in [-0.39, 0.29) is 24.9 Å². The third kappa shape index (κ3) is 7.72. The first-order chi connectivity index (χ1) is 15.6. The Morgan fingerprint density at radius 3 is 2.15 bits per heavy atom. The molecule has 2 aromatic rings. The minimum Gasteiger partial charge on any atom is -1.00 e. The average molecular weight is 478 g/mol. The fraction of sp³-hybridized carbons (Fsp3) is 0.480. The molecule has 0 bridgehead atoms. The number of piperidine rings is 1. The van der Waals surface area contributed by atoms with Crippen molar-refractivity contribution in [3.63, 3.8) is 0 Å². The maximum absolute atomic E-state index is 12.3. The standard InChI is InChI=1S/C25H34N2O5.ClH/c1-29-21-9-7-19(15-23(21)30-2)11-12-26-17-20-8-10-22(24(16-20)31-3)32-18-25(28)27-13-5-4-6-14-27;/h7-10,15-16,26H,4-6,11-14,17-18H2,1-3H3;1H/p-1. The van der Waals surface area contributed by atoms with Crippen LogP contribution in [-0.2, 0) is 17.8 Å². The third-order valence-electron chi connectivity index (χ3n) is 5.66. The molecule has 0 aliphatic carbocycles. The number of carbonyl (C=O) groups excluding carboxylic acids is 1. The Labute approximate surface area is 202 Å². The lowest BCUT2D eigenvalue weighted by Gasteiger charge is -2.26. The molecule has 1 fully saturated rings. The van der Waals surface area contributed by atoms with E-state index in [4.69, 9.17) is 18.9 Å². The summed E-state index contributed by atoms with van der Waals surface area (Å²) in [6.07, 6.45) is 4.21. The Bertz CT molecular complexity index is 887. The second-order valence-electron chi connectivity index (χ2n) is 7.83. The summed E-state index contributed by atoms with van der Waals surface area (Å²) in [5.74, 6) is 2.73. The molecule has 2 aromatic carbocycles. The molecule has 1 amide bonds. The van der Waals surface area contributed by atoms with Gasteiger partial charge in [0.2, 0.25) is 0 Å². The Morgan fingerprint density at radius 1 is 0.848 bits per heavy atom. The van der Waals surface area contributed by atoms with Crippen molar-refractivity contribution >= 4 is 5.91 Å². The first-order valence-corrected chi connectivity index (χ1v) is 11.1. The zero-order valence-corrected chi connectivity index (χ0v) is 20.5. The number of amides is 1. The largest absolute Gasteiger partial charge is 1.00 e. The normalized spacial score (nSPS) is 13.1. The van der Waals surface area contributed by atoms with Gasteiger partial charge in [-0.05, 0) is 67.6 Å². The minimum atomic E-state index is 0. The van der Waals surface area contributed by atoms with E-state index in [1.807, 2.05) is 41.3 Å². The monoisotopic (exact) mass is 477 g/mol. The minimum absolute atomic E-state index is 0. The van der Waals surface area contributed by atoms with Crippen LogP contribution in [0.1, 0.15) is 30.4 Å². The number of carbonyl (C=O) groups is 1. The summed E-state index contributed by atoms with van der Waals surface area (Å²) in [7, 11) is 4.89. The van der Waals surface area contributed by atoms with Crippen LogP contribution in [0.3, 0.4) is 0 Å². The molecule has 8 heteroatoms. The van der Waals surface area contributed by atoms with Crippen molar-refractivity contribution in [2.24, 2.45) is 0 Å². The summed E-state index contributed by atoms with van der Waals surface area (Å²) in [4.78, 5) is 14.2. The van der Waals surface area contributed by atoms with E-state index in [2.05, 4.69) is 5.32 Å². The summed E-state index contributed by atoms with van der Waals surface area (Å²) in [5, 5.41) is 3.45. The number of halogens is 1. The van der Waals surface area contributed by atoms with Gasteiger partial charge in [0.25, 0.3) is 5.91 Å². The predicted molar refractivity (Wildman–Crippen MR) is 124 cm³/mol. The molecule has 1 heterocycles. The van der Waals surface area contributed by atoms with Crippen LogP contribution in [0.15, 0.2) is 36.4 Å². The van der Waals surface area contributed by atoms with Crippen molar-refractivity contribution in [1.82, 2.24) is 10.2 Å². The lowest BCUT2D eigenvalue weighted by Crippen LogP contribution is -3.00. The molecule has 0 unspecified atom stereocenters. The lowest BCUT2D eigenvalue weighted by molar-refractivity contribution is -0.134. The first-order valence-electron chi connectivity index (χ1n) is 11.1. The van der Waals surface area contributed by atoms with E-state index in [1.165, 1.54) is 12.0 Å². The van der Waals surface area contributed by atoms with Gasteiger partial charge < -0.3 is 41.6 Å². The third-order valence-corrected chi connectivity index (χ3v) is 5.66. The van der Waals surface area contributed by atoms with Crippen LogP contribution in [0.5, 0.6) is 23.0 Å². The van der Waals surface area contributed by atoms with Crippen LogP contribution in [0.4, 0.5) is 0 Å². The molecular weight excluding hydrogens is 444 g/mol. The molecule has 7 nitrogen and oxygen atoms in total. The lowest BCUT2D eigenvalue weighted by atomic mass is 10.1. The molecule has 182 valence electrons. The van der Waals surface area contributed by atoms with Crippen molar-refractivity contribution in [2.75, 3.05) is 47.6 Å². The highest BCUT2D eigenvalue weighted by molar-refractivity contribution is 5.78. The van der Waals surface area contributed by atoms with Crippen LogP contribution < -0.4 is 36.7 Å². The van der Waals surface area contributed by atoms with Gasteiger partial charge in [-0.1, -0.05) is 12.1 Å². The summed E-state index contributed by atoms with van der Waals surface area (Å²) in [6.45, 7) is 3.22. The smallest absolute Gasteiger partial charge is 0.260 e. The summed E-state index contributed by atoms with van der Waals surface area (Å²) >= 11 is 0. The van der Waals surface area contributed by atoms with Crippen LogP contribution in [0.25, 0.3) is 0 Å². The highest BCUT2D eigenvalue weighted by Gasteiger charge is 2.17. The topological polar surface area (TPSA) is 69.3 Å². The van der Waals surface area contributed by atoms with Crippen molar-refractivity contribution in [1.29, 1.82) is 0 Å². The van der Waals surface area contributed by atoms with Gasteiger partial charge in [0.1, 0.15) is 0 Å². The second kappa shape index (κ2) is 13.8. The fourth-order valence-electron chi connectivity index (χ4n) is 3.82. The number of ether oxygens (including phenoxy) is 4. The van der Waals surface area contributed by atoms with E-state index in [9.17, 15) is 4.79 Å². The van der Waals surface area contributed by atoms with Gasteiger partial charge in [0.05, 0.1) is 21.3 Å². The van der Waals surface area contributed by atoms with Crippen LogP contribution in [0.2, 0.25) is 0 Å². The number of hydrogen-bond donors (Lipinski definition) is 1. The molecule has 1 saturated heterocycles. The van der Waals surface area contributed by atoms with E-state index < -0.39 is 0 Å². The highest BCUT2D eigenvalue weighted by atomic mass is 35.5. The molecule has 0 aromatic heterocycles. The average Bonchev–Trinajstić information content (AvgIpc) is 2.85. The number of rotatable bonds is 11. The van der Waals surface area contributed by atoms with Gasteiger partial charge in [-0.2, -0.15) is 0 Å². The Kier molecular flexibility index (Phi) is 11.1. The van der Waals surface area contributed by atoms with Gasteiger partial charge >= 0.3 is 0 Å². The van der Waals surface area contributed by atoms with Crippen molar-refractivity contribution in [3.05, 3.63) is 47.5 Å². The molecule has 1 aliphatic rings. The molecule has 0 spiro atoms. The SMILES string of the molecule is COc1ccc(CCNCc2ccc(OCC(=O)N3CCCCC3)c(OC)c2)cc1OC.[Cl-]. The van der Waals surface area contributed by atoms with Gasteiger partial charge in [-0.3, -0.25) is 4.79 Å². The zero-order valence-electron chi connectivity index (χ0n) is 19.7. The molecule has 3 rings (SSSR count). The van der Waals surface area contributed by atoms with Gasteiger partial charge in [-0.15, -0.1) is 0 Å². The second-order valence-corrected chi connectivity index (χ2v) is 7.83. The Balaban J connectivity index is 0.00000385. The molecule has 0 saturated carbocycles. The molecule has 0 radical (unpaired) electrons.